The van der Waals surface area contributed by atoms with Crippen LogP contribution in [0.4, 0.5) is 11.4 Å². The molecule has 0 fully saturated rings. The number of rotatable bonds is 3. The first kappa shape index (κ1) is 13.4. The fourth-order valence-corrected chi connectivity index (χ4v) is 2.04. The monoisotopic (exact) mass is 316 g/mol. The lowest BCUT2D eigenvalue weighted by molar-refractivity contribution is -0.111. The number of nitrogens with one attached hydrogen (secondary N) is 1. The van der Waals surface area contributed by atoms with Crippen LogP contribution in [0.1, 0.15) is 5.56 Å². The molecule has 2 rings (SSSR count). The maximum atomic E-state index is 11.8. The van der Waals surface area contributed by atoms with Gasteiger partial charge in [0.15, 0.2) is 0 Å². The quantitative estimate of drug-likeness (QED) is 0.670. The number of carbonyl (C=O) groups excluding carboxylic acids is 1. The second-order valence-corrected chi connectivity index (χ2v) is 4.83. The summed E-state index contributed by atoms with van der Waals surface area (Å²) in [4.78, 5) is 11.8. The molecule has 0 aliphatic carbocycles. The normalized spacial score (nSPS) is 10.6. The van der Waals surface area contributed by atoms with E-state index in [2.05, 4.69) is 21.2 Å². The van der Waals surface area contributed by atoms with Crippen LogP contribution in [0.5, 0.6) is 0 Å². The smallest absolute Gasteiger partial charge is 0.248 e. The fourth-order valence-electron chi connectivity index (χ4n) is 1.54. The van der Waals surface area contributed by atoms with Crippen molar-refractivity contribution >= 4 is 39.3 Å². The molecule has 0 heterocycles. The zero-order valence-corrected chi connectivity index (χ0v) is 11.7. The Labute approximate surface area is 120 Å². The molecule has 0 saturated carbocycles. The highest BCUT2D eigenvalue weighted by Crippen LogP contribution is 2.24. The predicted octanol–water partition coefficient (Wildman–Crippen LogP) is 3.68. The van der Waals surface area contributed by atoms with Crippen molar-refractivity contribution in [2.75, 3.05) is 11.1 Å². The lowest BCUT2D eigenvalue weighted by atomic mass is 10.2. The van der Waals surface area contributed by atoms with Crippen LogP contribution in [-0.2, 0) is 4.79 Å². The molecule has 0 unspecified atom stereocenters. The average molecular weight is 317 g/mol. The van der Waals surface area contributed by atoms with Crippen LogP contribution in [0.2, 0.25) is 0 Å². The van der Waals surface area contributed by atoms with E-state index in [1.807, 2.05) is 30.3 Å². The molecule has 96 valence electrons. The predicted molar refractivity (Wildman–Crippen MR) is 82.7 cm³/mol. The van der Waals surface area contributed by atoms with E-state index in [-0.39, 0.29) is 5.91 Å². The molecule has 0 spiro atoms. The third-order valence-electron chi connectivity index (χ3n) is 2.48. The van der Waals surface area contributed by atoms with E-state index < -0.39 is 0 Å². The van der Waals surface area contributed by atoms with Gasteiger partial charge in [0.05, 0.1) is 5.69 Å². The van der Waals surface area contributed by atoms with Crippen LogP contribution < -0.4 is 11.1 Å². The van der Waals surface area contributed by atoms with Crippen molar-refractivity contribution in [2.24, 2.45) is 0 Å². The number of halogens is 1. The Balaban J connectivity index is 2.04. The van der Waals surface area contributed by atoms with Crippen molar-refractivity contribution in [1.82, 2.24) is 0 Å². The lowest BCUT2D eigenvalue weighted by Gasteiger charge is -2.05. The van der Waals surface area contributed by atoms with Crippen LogP contribution in [-0.4, -0.2) is 5.91 Å². The van der Waals surface area contributed by atoms with E-state index in [4.69, 9.17) is 5.73 Å². The number of amides is 1. The van der Waals surface area contributed by atoms with Gasteiger partial charge in [0.2, 0.25) is 5.91 Å². The zero-order valence-electron chi connectivity index (χ0n) is 10.1. The molecule has 19 heavy (non-hydrogen) atoms. The van der Waals surface area contributed by atoms with E-state index in [0.717, 1.165) is 10.0 Å². The fraction of sp³-hybridized carbons (Fsp3) is 0. The van der Waals surface area contributed by atoms with Gasteiger partial charge in [0.1, 0.15) is 0 Å². The van der Waals surface area contributed by atoms with Gasteiger partial charge in [-0.3, -0.25) is 4.79 Å². The number of hydrogen-bond donors (Lipinski definition) is 2. The molecule has 0 saturated heterocycles. The maximum Gasteiger partial charge on any atom is 0.248 e. The summed E-state index contributed by atoms with van der Waals surface area (Å²) in [5.41, 5.74) is 7.95. The molecule has 3 nitrogen and oxygen atoms in total. The number of hydrogen-bond acceptors (Lipinski definition) is 2. The van der Waals surface area contributed by atoms with Gasteiger partial charge in [0.25, 0.3) is 0 Å². The molecule has 2 aromatic rings. The van der Waals surface area contributed by atoms with Crippen LogP contribution in [0, 0.1) is 0 Å². The molecule has 0 aromatic heterocycles. The van der Waals surface area contributed by atoms with E-state index in [1.54, 1.807) is 24.3 Å². The minimum absolute atomic E-state index is 0.186. The highest BCUT2D eigenvalue weighted by molar-refractivity contribution is 9.10. The van der Waals surface area contributed by atoms with Crippen molar-refractivity contribution < 1.29 is 4.79 Å². The van der Waals surface area contributed by atoms with E-state index in [1.165, 1.54) is 6.08 Å². The van der Waals surface area contributed by atoms with Crippen molar-refractivity contribution in [3.05, 3.63) is 64.6 Å². The van der Waals surface area contributed by atoms with Crippen molar-refractivity contribution in [2.45, 2.75) is 0 Å². The highest BCUT2D eigenvalue weighted by Gasteiger charge is 2.02. The molecule has 0 aliphatic heterocycles. The SMILES string of the molecule is Nc1ccc(NC(=O)/C=C/c2ccccc2)c(Br)c1. The van der Waals surface area contributed by atoms with Crippen molar-refractivity contribution in [1.29, 1.82) is 0 Å². The largest absolute Gasteiger partial charge is 0.399 e. The summed E-state index contributed by atoms with van der Waals surface area (Å²) >= 11 is 3.35. The summed E-state index contributed by atoms with van der Waals surface area (Å²) in [6, 6.07) is 14.9. The second kappa shape index (κ2) is 6.20. The van der Waals surface area contributed by atoms with Gasteiger partial charge in [-0.05, 0) is 45.8 Å². The second-order valence-electron chi connectivity index (χ2n) is 3.97. The average Bonchev–Trinajstić information content (AvgIpc) is 2.41. The summed E-state index contributed by atoms with van der Waals surface area (Å²) in [5, 5.41) is 2.78. The van der Waals surface area contributed by atoms with E-state index in [9.17, 15) is 4.79 Å². The van der Waals surface area contributed by atoms with Gasteiger partial charge < -0.3 is 11.1 Å². The van der Waals surface area contributed by atoms with Gasteiger partial charge in [-0.1, -0.05) is 30.3 Å². The number of carbonyl (C=O) groups is 1. The molecular formula is C15H13BrN2O. The Morgan fingerprint density at radius 3 is 2.58 bits per heavy atom. The van der Waals surface area contributed by atoms with Gasteiger partial charge in [-0.25, -0.2) is 0 Å². The molecule has 2 aromatic carbocycles. The van der Waals surface area contributed by atoms with Gasteiger partial charge in [-0.15, -0.1) is 0 Å². The molecule has 1 amide bonds. The minimum atomic E-state index is -0.186. The molecule has 0 aliphatic rings. The Bertz CT molecular complexity index is 609. The summed E-state index contributed by atoms with van der Waals surface area (Å²) in [7, 11) is 0. The van der Waals surface area contributed by atoms with Gasteiger partial charge in [0, 0.05) is 16.2 Å². The summed E-state index contributed by atoms with van der Waals surface area (Å²) in [6.45, 7) is 0. The first-order valence-electron chi connectivity index (χ1n) is 5.74. The third kappa shape index (κ3) is 3.96. The first-order chi connectivity index (χ1) is 9.15. The molecular weight excluding hydrogens is 304 g/mol. The van der Waals surface area contributed by atoms with Crippen LogP contribution >= 0.6 is 15.9 Å². The number of anilines is 2. The van der Waals surface area contributed by atoms with E-state index in [0.29, 0.717) is 11.4 Å². The minimum Gasteiger partial charge on any atom is -0.399 e. The van der Waals surface area contributed by atoms with Crippen LogP contribution in [0.15, 0.2) is 59.1 Å². The number of nitrogen functional groups attached to an aromatic ring is 1. The standard InChI is InChI=1S/C15H13BrN2O/c16-13-10-12(17)7-8-14(13)18-15(19)9-6-11-4-2-1-3-5-11/h1-10H,17H2,(H,18,19)/b9-6+. The van der Waals surface area contributed by atoms with Gasteiger partial charge in [-0.2, -0.15) is 0 Å². The molecule has 4 heteroatoms. The molecule has 0 radical (unpaired) electrons. The maximum absolute atomic E-state index is 11.8. The first-order valence-corrected chi connectivity index (χ1v) is 6.53. The Kier molecular flexibility index (Phi) is 4.36. The van der Waals surface area contributed by atoms with Crippen LogP contribution in [0.25, 0.3) is 6.08 Å². The zero-order chi connectivity index (χ0) is 13.7. The highest BCUT2D eigenvalue weighted by atomic mass is 79.9. The Morgan fingerprint density at radius 2 is 1.89 bits per heavy atom. The summed E-state index contributed by atoms with van der Waals surface area (Å²) in [5.74, 6) is -0.186. The molecule has 0 atom stereocenters. The number of benzene rings is 2. The van der Waals surface area contributed by atoms with Crippen LogP contribution in [0.3, 0.4) is 0 Å². The van der Waals surface area contributed by atoms with Crippen molar-refractivity contribution in [3.8, 4) is 0 Å². The molecule has 0 bridgehead atoms. The Hall–Kier alpha value is -2.07. The van der Waals surface area contributed by atoms with E-state index >= 15 is 0 Å². The topological polar surface area (TPSA) is 55.1 Å². The third-order valence-corrected chi connectivity index (χ3v) is 3.13. The Morgan fingerprint density at radius 1 is 1.16 bits per heavy atom. The number of nitrogens with two attached hydrogens (primary N) is 1. The van der Waals surface area contributed by atoms with Crippen molar-refractivity contribution in [3.63, 3.8) is 0 Å². The lowest BCUT2D eigenvalue weighted by Crippen LogP contribution is -2.08. The summed E-state index contributed by atoms with van der Waals surface area (Å²) in [6.07, 6.45) is 3.26. The van der Waals surface area contributed by atoms with Gasteiger partial charge >= 0.3 is 0 Å². The summed E-state index contributed by atoms with van der Waals surface area (Å²) < 4.78 is 0.758. The molecule has 3 N–H and O–H groups in total.